The van der Waals surface area contributed by atoms with Gasteiger partial charge in [-0.3, -0.25) is 9.52 Å². The van der Waals surface area contributed by atoms with Gasteiger partial charge in [0.1, 0.15) is 10.6 Å². The first-order chi connectivity index (χ1) is 15.0. The Bertz CT molecular complexity index is 1190. The summed E-state index contributed by atoms with van der Waals surface area (Å²) >= 11 is 0. The third kappa shape index (κ3) is 4.56. The number of rotatable bonds is 7. The zero-order chi connectivity index (χ0) is 21.8. The second-order valence-corrected chi connectivity index (χ2v) is 8.95. The normalized spacial score (nSPS) is 13.6. The smallest absolute Gasteiger partial charge is 0.265 e. The highest BCUT2D eigenvalue weighted by Crippen LogP contribution is 2.33. The third-order valence-electron chi connectivity index (χ3n) is 5.15. The molecule has 0 unspecified atom stereocenters. The van der Waals surface area contributed by atoms with Gasteiger partial charge in [-0.15, -0.1) is 0 Å². The molecule has 0 bridgehead atoms. The standard InChI is InChI=1S/C24H24N2O4S/c1-2-30-22-10-6-7-11-23(22)31(28,29)25-20-13-14-21-19(16-20)12-15-24(27)26(21)17-18-8-4-3-5-9-18/h3-11,13-14,16,25H,2,12,15,17H2,1H3. The molecule has 0 saturated carbocycles. The lowest BCUT2D eigenvalue weighted by Crippen LogP contribution is -2.34. The van der Waals surface area contributed by atoms with Gasteiger partial charge >= 0.3 is 0 Å². The van der Waals surface area contributed by atoms with Crippen molar-refractivity contribution in [3.8, 4) is 5.75 Å². The van der Waals surface area contributed by atoms with Crippen LogP contribution < -0.4 is 14.4 Å². The number of nitrogens with one attached hydrogen (secondary N) is 1. The molecule has 0 atom stereocenters. The fourth-order valence-electron chi connectivity index (χ4n) is 3.72. The summed E-state index contributed by atoms with van der Waals surface area (Å²) in [5.41, 5.74) is 3.26. The van der Waals surface area contributed by atoms with Gasteiger partial charge in [0.2, 0.25) is 5.91 Å². The number of hydrogen-bond acceptors (Lipinski definition) is 4. The van der Waals surface area contributed by atoms with Crippen LogP contribution in [-0.4, -0.2) is 20.9 Å². The topological polar surface area (TPSA) is 75.7 Å². The van der Waals surface area contributed by atoms with Crippen LogP contribution in [0.5, 0.6) is 5.75 Å². The van der Waals surface area contributed by atoms with Gasteiger partial charge < -0.3 is 9.64 Å². The summed E-state index contributed by atoms with van der Waals surface area (Å²) in [5, 5.41) is 0. The molecule has 0 saturated heterocycles. The van der Waals surface area contributed by atoms with E-state index in [-0.39, 0.29) is 10.8 Å². The van der Waals surface area contributed by atoms with Crippen LogP contribution in [0.15, 0.2) is 77.7 Å². The van der Waals surface area contributed by atoms with Crippen molar-refractivity contribution in [2.75, 3.05) is 16.2 Å². The number of sulfonamides is 1. The third-order valence-corrected chi connectivity index (χ3v) is 6.57. The molecule has 0 aromatic heterocycles. The van der Waals surface area contributed by atoms with Gasteiger partial charge in [-0.25, -0.2) is 8.42 Å². The summed E-state index contributed by atoms with van der Waals surface area (Å²) in [7, 11) is -3.82. The van der Waals surface area contributed by atoms with Crippen molar-refractivity contribution in [2.24, 2.45) is 0 Å². The van der Waals surface area contributed by atoms with Crippen LogP contribution >= 0.6 is 0 Å². The number of ether oxygens (including phenoxy) is 1. The molecule has 160 valence electrons. The number of hydrogen-bond donors (Lipinski definition) is 1. The van der Waals surface area contributed by atoms with Crippen LogP contribution in [0.25, 0.3) is 0 Å². The number of para-hydroxylation sites is 1. The van der Waals surface area contributed by atoms with Crippen LogP contribution in [0.4, 0.5) is 11.4 Å². The molecule has 1 N–H and O–H groups in total. The number of nitrogens with zero attached hydrogens (tertiary/aromatic N) is 1. The maximum atomic E-state index is 13.0. The highest BCUT2D eigenvalue weighted by molar-refractivity contribution is 7.92. The van der Waals surface area contributed by atoms with Crippen LogP contribution in [0, 0.1) is 0 Å². The van der Waals surface area contributed by atoms with Gasteiger partial charge in [-0.2, -0.15) is 0 Å². The molecule has 1 aliphatic heterocycles. The number of fused-ring (bicyclic) bond motifs is 1. The average molecular weight is 437 g/mol. The maximum Gasteiger partial charge on any atom is 0.265 e. The van der Waals surface area contributed by atoms with Gasteiger partial charge in [-0.1, -0.05) is 42.5 Å². The van der Waals surface area contributed by atoms with Crippen molar-refractivity contribution in [3.63, 3.8) is 0 Å². The van der Waals surface area contributed by atoms with E-state index >= 15 is 0 Å². The summed E-state index contributed by atoms with van der Waals surface area (Å²) in [5.74, 6) is 0.380. The number of carbonyl (C=O) groups excluding carboxylic acids is 1. The van der Waals surface area contributed by atoms with E-state index in [0.29, 0.717) is 37.4 Å². The summed E-state index contributed by atoms with van der Waals surface area (Å²) in [6.07, 6.45) is 0.966. The molecular weight excluding hydrogens is 412 g/mol. The quantitative estimate of drug-likeness (QED) is 0.597. The van der Waals surface area contributed by atoms with Crippen LogP contribution in [0.2, 0.25) is 0 Å². The molecule has 0 aliphatic carbocycles. The summed E-state index contributed by atoms with van der Waals surface area (Å²) in [6.45, 7) is 2.67. The number of amides is 1. The Hall–Kier alpha value is -3.32. The molecule has 31 heavy (non-hydrogen) atoms. The second kappa shape index (κ2) is 8.81. The first-order valence-electron chi connectivity index (χ1n) is 10.2. The Labute approximate surface area is 182 Å². The monoisotopic (exact) mass is 436 g/mol. The Morgan fingerprint density at radius 2 is 1.71 bits per heavy atom. The Kier molecular flexibility index (Phi) is 5.95. The molecule has 7 heteroatoms. The minimum Gasteiger partial charge on any atom is -0.492 e. The number of aryl methyl sites for hydroxylation is 1. The molecule has 6 nitrogen and oxygen atoms in total. The predicted octanol–water partition coefficient (Wildman–Crippen LogP) is 4.37. The van der Waals surface area contributed by atoms with E-state index in [0.717, 1.165) is 16.8 Å². The van der Waals surface area contributed by atoms with Gasteiger partial charge in [0, 0.05) is 17.8 Å². The average Bonchev–Trinajstić information content (AvgIpc) is 2.77. The Balaban J connectivity index is 1.61. The van der Waals surface area contributed by atoms with Crippen molar-refractivity contribution < 1.29 is 17.9 Å². The summed E-state index contributed by atoms with van der Waals surface area (Å²) < 4.78 is 34.1. The lowest BCUT2D eigenvalue weighted by atomic mass is 10.00. The Morgan fingerprint density at radius 1 is 0.968 bits per heavy atom. The number of carbonyl (C=O) groups is 1. The van der Waals surface area contributed by atoms with Gasteiger partial charge in [0.05, 0.1) is 13.2 Å². The summed E-state index contributed by atoms with van der Waals surface area (Å²) in [4.78, 5) is 14.4. The lowest BCUT2D eigenvalue weighted by Gasteiger charge is -2.30. The molecule has 1 amide bonds. The van der Waals surface area contributed by atoms with Crippen LogP contribution in [0.3, 0.4) is 0 Å². The maximum absolute atomic E-state index is 13.0. The van der Waals surface area contributed by atoms with E-state index in [1.807, 2.05) is 43.3 Å². The molecular formula is C24H24N2O4S. The SMILES string of the molecule is CCOc1ccccc1S(=O)(=O)Nc1ccc2c(c1)CCC(=O)N2Cc1ccccc1. The molecule has 3 aromatic carbocycles. The zero-order valence-electron chi connectivity index (χ0n) is 17.2. The number of benzene rings is 3. The van der Waals surface area contributed by atoms with E-state index in [4.69, 9.17) is 4.74 Å². The highest BCUT2D eigenvalue weighted by Gasteiger charge is 2.25. The molecule has 4 rings (SSSR count). The largest absolute Gasteiger partial charge is 0.492 e. The molecule has 1 heterocycles. The van der Waals surface area contributed by atoms with E-state index < -0.39 is 10.0 Å². The molecule has 0 fully saturated rings. The first kappa shape index (κ1) is 20.9. The molecule has 1 aliphatic rings. The highest BCUT2D eigenvalue weighted by atomic mass is 32.2. The summed E-state index contributed by atoms with van der Waals surface area (Å²) in [6, 6.07) is 21.7. The van der Waals surface area contributed by atoms with E-state index in [1.54, 1.807) is 35.2 Å². The minimum absolute atomic E-state index is 0.0651. The zero-order valence-corrected chi connectivity index (χ0v) is 18.1. The van der Waals surface area contributed by atoms with Crippen molar-refractivity contribution >= 4 is 27.3 Å². The van der Waals surface area contributed by atoms with E-state index in [2.05, 4.69) is 4.72 Å². The van der Waals surface area contributed by atoms with Crippen molar-refractivity contribution in [3.05, 3.63) is 83.9 Å². The lowest BCUT2D eigenvalue weighted by molar-refractivity contribution is -0.119. The minimum atomic E-state index is -3.82. The van der Waals surface area contributed by atoms with Gasteiger partial charge in [0.25, 0.3) is 10.0 Å². The Morgan fingerprint density at radius 3 is 2.48 bits per heavy atom. The van der Waals surface area contributed by atoms with Crippen molar-refractivity contribution in [1.82, 2.24) is 0 Å². The fourth-order valence-corrected chi connectivity index (χ4v) is 4.92. The second-order valence-electron chi connectivity index (χ2n) is 7.29. The molecule has 0 spiro atoms. The number of anilines is 2. The molecule has 3 aromatic rings. The van der Waals surface area contributed by atoms with E-state index in [9.17, 15) is 13.2 Å². The van der Waals surface area contributed by atoms with Gasteiger partial charge in [-0.05, 0) is 54.8 Å². The fraction of sp³-hybridized carbons (Fsp3) is 0.208. The van der Waals surface area contributed by atoms with Crippen LogP contribution in [-0.2, 0) is 27.8 Å². The van der Waals surface area contributed by atoms with Crippen molar-refractivity contribution in [1.29, 1.82) is 0 Å². The van der Waals surface area contributed by atoms with Gasteiger partial charge in [0.15, 0.2) is 0 Å². The van der Waals surface area contributed by atoms with E-state index in [1.165, 1.54) is 6.07 Å². The molecule has 0 radical (unpaired) electrons. The van der Waals surface area contributed by atoms with Crippen LogP contribution in [0.1, 0.15) is 24.5 Å². The first-order valence-corrected chi connectivity index (χ1v) is 11.7. The predicted molar refractivity (Wildman–Crippen MR) is 121 cm³/mol. The van der Waals surface area contributed by atoms with Crippen molar-refractivity contribution in [2.45, 2.75) is 31.2 Å².